The van der Waals surface area contributed by atoms with Crippen molar-refractivity contribution in [2.75, 3.05) is 6.54 Å². The molecule has 0 saturated carbocycles. The molecule has 1 heterocycles. The summed E-state index contributed by atoms with van der Waals surface area (Å²) in [4.78, 5) is 22.9. The summed E-state index contributed by atoms with van der Waals surface area (Å²) < 4.78 is 0. The standard InChI is InChI=1S/C8H14N2O2/c1-7(12)9-8-4-2-3-5-10(8)6-11/h6,8H,2-5H2,1H3,(H,9,12). The van der Waals surface area contributed by atoms with Gasteiger partial charge in [-0.1, -0.05) is 0 Å². The number of piperidine rings is 1. The van der Waals surface area contributed by atoms with Gasteiger partial charge in [-0.3, -0.25) is 9.59 Å². The normalized spacial score (nSPS) is 23.4. The first-order valence-corrected chi connectivity index (χ1v) is 4.22. The molecule has 12 heavy (non-hydrogen) atoms. The van der Waals surface area contributed by atoms with E-state index in [0.717, 1.165) is 32.2 Å². The van der Waals surface area contributed by atoms with Crippen molar-refractivity contribution in [3.05, 3.63) is 0 Å². The summed E-state index contributed by atoms with van der Waals surface area (Å²) in [5.74, 6) is -0.0752. The van der Waals surface area contributed by atoms with Crippen molar-refractivity contribution in [2.45, 2.75) is 32.4 Å². The van der Waals surface area contributed by atoms with Crippen LogP contribution in [0.1, 0.15) is 26.2 Å². The average molecular weight is 170 g/mol. The first kappa shape index (κ1) is 9.03. The van der Waals surface area contributed by atoms with Gasteiger partial charge < -0.3 is 10.2 Å². The number of likely N-dealkylation sites (tertiary alicyclic amines) is 1. The molecule has 4 nitrogen and oxygen atoms in total. The number of hydrogen-bond acceptors (Lipinski definition) is 2. The number of nitrogens with zero attached hydrogens (tertiary/aromatic N) is 1. The third kappa shape index (κ3) is 2.22. The zero-order valence-corrected chi connectivity index (χ0v) is 7.25. The molecular weight excluding hydrogens is 156 g/mol. The van der Waals surface area contributed by atoms with Gasteiger partial charge in [-0.25, -0.2) is 0 Å². The van der Waals surface area contributed by atoms with Crippen molar-refractivity contribution >= 4 is 12.3 Å². The third-order valence-electron chi connectivity index (χ3n) is 2.05. The van der Waals surface area contributed by atoms with Gasteiger partial charge in [0.2, 0.25) is 12.3 Å². The monoisotopic (exact) mass is 170 g/mol. The van der Waals surface area contributed by atoms with Gasteiger partial charge in [0, 0.05) is 13.5 Å². The van der Waals surface area contributed by atoms with Gasteiger partial charge in [0.15, 0.2) is 0 Å². The van der Waals surface area contributed by atoms with Crippen LogP contribution in [0.4, 0.5) is 0 Å². The molecule has 0 aliphatic carbocycles. The summed E-state index contributed by atoms with van der Waals surface area (Å²) in [6.07, 6.45) is 3.72. The third-order valence-corrected chi connectivity index (χ3v) is 2.05. The fraction of sp³-hybridized carbons (Fsp3) is 0.750. The first-order chi connectivity index (χ1) is 5.74. The maximum absolute atomic E-state index is 10.7. The molecule has 1 rings (SSSR count). The fourth-order valence-electron chi connectivity index (χ4n) is 1.47. The van der Waals surface area contributed by atoms with E-state index in [-0.39, 0.29) is 12.1 Å². The van der Waals surface area contributed by atoms with E-state index in [2.05, 4.69) is 5.32 Å². The van der Waals surface area contributed by atoms with Crippen LogP contribution in [0.2, 0.25) is 0 Å². The highest BCUT2D eigenvalue weighted by atomic mass is 16.2. The van der Waals surface area contributed by atoms with Crippen molar-refractivity contribution < 1.29 is 9.59 Å². The molecule has 0 spiro atoms. The molecular formula is C8H14N2O2. The molecule has 1 unspecified atom stereocenters. The minimum absolute atomic E-state index is 0.0752. The smallest absolute Gasteiger partial charge is 0.218 e. The second-order valence-corrected chi connectivity index (χ2v) is 3.06. The number of rotatable bonds is 2. The molecule has 0 bridgehead atoms. The number of nitrogens with one attached hydrogen (secondary N) is 1. The van der Waals surface area contributed by atoms with Gasteiger partial charge in [0.25, 0.3) is 0 Å². The Morgan fingerprint density at radius 2 is 2.33 bits per heavy atom. The molecule has 0 aromatic heterocycles. The molecule has 1 fully saturated rings. The van der Waals surface area contributed by atoms with Gasteiger partial charge in [-0.15, -0.1) is 0 Å². The van der Waals surface area contributed by atoms with Crippen LogP contribution >= 0.6 is 0 Å². The Balaban J connectivity index is 2.46. The lowest BCUT2D eigenvalue weighted by molar-refractivity contribution is -0.126. The molecule has 4 heteroatoms. The van der Waals surface area contributed by atoms with Gasteiger partial charge in [-0.2, -0.15) is 0 Å². The highest BCUT2D eigenvalue weighted by molar-refractivity contribution is 5.73. The van der Waals surface area contributed by atoms with Crippen LogP contribution in [-0.4, -0.2) is 29.9 Å². The van der Waals surface area contributed by atoms with Gasteiger partial charge in [-0.05, 0) is 19.3 Å². The van der Waals surface area contributed by atoms with Gasteiger partial charge in [0.1, 0.15) is 6.17 Å². The fourth-order valence-corrected chi connectivity index (χ4v) is 1.47. The molecule has 1 atom stereocenters. The van der Waals surface area contributed by atoms with E-state index in [4.69, 9.17) is 0 Å². The van der Waals surface area contributed by atoms with Crippen molar-refractivity contribution in [2.24, 2.45) is 0 Å². The van der Waals surface area contributed by atoms with Crippen molar-refractivity contribution in [3.63, 3.8) is 0 Å². The topological polar surface area (TPSA) is 49.4 Å². The van der Waals surface area contributed by atoms with E-state index in [9.17, 15) is 9.59 Å². The molecule has 68 valence electrons. The molecule has 1 aliphatic heterocycles. The predicted octanol–water partition coefficient (Wildman–Crippen LogP) is 0.0909. The molecule has 0 radical (unpaired) electrons. The Labute approximate surface area is 71.9 Å². The summed E-state index contributed by atoms with van der Waals surface area (Å²) in [5.41, 5.74) is 0. The van der Waals surface area contributed by atoms with Crippen LogP contribution in [0.25, 0.3) is 0 Å². The highest BCUT2D eigenvalue weighted by Gasteiger charge is 2.20. The Kier molecular flexibility index (Phi) is 3.08. The van der Waals surface area contributed by atoms with E-state index in [1.54, 1.807) is 4.90 Å². The SMILES string of the molecule is CC(=O)NC1CCCCN1C=O. The number of amides is 2. The molecule has 1 saturated heterocycles. The average Bonchev–Trinajstić information content (AvgIpc) is 2.04. The number of carbonyl (C=O) groups excluding carboxylic acids is 2. The van der Waals surface area contributed by atoms with Crippen molar-refractivity contribution in [3.8, 4) is 0 Å². The summed E-state index contributed by atoms with van der Waals surface area (Å²) >= 11 is 0. The first-order valence-electron chi connectivity index (χ1n) is 4.22. The second-order valence-electron chi connectivity index (χ2n) is 3.06. The number of carbonyl (C=O) groups is 2. The molecule has 2 amide bonds. The summed E-state index contributed by atoms with van der Waals surface area (Å²) in [6.45, 7) is 2.23. The lowest BCUT2D eigenvalue weighted by atomic mass is 10.1. The van der Waals surface area contributed by atoms with Crippen LogP contribution < -0.4 is 5.32 Å². The second kappa shape index (κ2) is 4.09. The van der Waals surface area contributed by atoms with Crippen molar-refractivity contribution in [1.82, 2.24) is 10.2 Å². The lowest BCUT2D eigenvalue weighted by Crippen LogP contribution is -2.49. The van der Waals surface area contributed by atoms with E-state index in [0.29, 0.717) is 0 Å². The van der Waals surface area contributed by atoms with Crippen molar-refractivity contribution in [1.29, 1.82) is 0 Å². The van der Waals surface area contributed by atoms with Crippen LogP contribution in [0.5, 0.6) is 0 Å². The minimum atomic E-state index is -0.0752. The van der Waals surface area contributed by atoms with Crippen LogP contribution in [0.15, 0.2) is 0 Å². The zero-order valence-electron chi connectivity index (χ0n) is 7.25. The van der Waals surface area contributed by atoms with Gasteiger partial charge >= 0.3 is 0 Å². The quantitative estimate of drug-likeness (QED) is 0.597. The van der Waals surface area contributed by atoms with E-state index < -0.39 is 0 Å². The summed E-state index contributed by atoms with van der Waals surface area (Å²) in [5, 5.41) is 2.74. The maximum atomic E-state index is 10.7. The Bertz CT molecular complexity index is 182. The molecule has 1 N–H and O–H groups in total. The maximum Gasteiger partial charge on any atom is 0.218 e. The summed E-state index contributed by atoms with van der Waals surface area (Å²) in [6, 6.07) is 0. The minimum Gasteiger partial charge on any atom is -0.336 e. The molecule has 1 aliphatic rings. The van der Waals surface area contributed by atoms with E-state index in [1.165, 1.54) is 6.92 Å². The Hall–Kier alpha value is -1.06. The van der Waals surface area contributed by atoms with Crippen LogP contribution in [0.3, 0.4) is 0 Å². The molecule has 0 aromatic carbocycles. The molecule has 0 aromatic rings. The number of hydrogen-bond donors (Lipinski definition) is 1. The van der Waals surface area contributed by atoms with E-state index >= 15 is 0 Å². The predicted molar refractivity (Wildman–Crippen MR) is 44.2 cm³/mol. The van der Waals surface area contributed by atoms with Crippen LogP contribution in [-0.2, 0) is 9.59 Å². The lowest BCUT2D eigenvalue weighted by Gasteiger charge is -2.32. The van der Waals surface area contributed by atoms with E-state index in [1.807, 2.05) is 0 Å². The summed E-state index contributed by atoms with van der Waals surface area (Å²) in [7, 11) is 0. The Morgan fingerprint density at radius 1 is 1.58 bits per heavy atom. The zero-order chi connectivity index (χ0) is 8.97. The highest BCUT2D eigenvalue weighted by Crippen LogP contribution is 2.12. The van der Waals surface area contributed by atoms with Crippen LogP contribution in [0, 0.1) is 0 Å². The van der Waals surface area contributed by atoms with Gasteiger partial charge in [0.05, 0.1) is 0 Å². The largest absolute Gasteiger partial charge is 0.336 e. The Morgan fingerprint density at radius 3 is 2.92 bits per heavy atom.